The molecule has 2 N–H and O–H groups in total. The summed E-state index contributed by atoms with van der Waals surface area (Å²) in [5.74, 6) is 0.478. The molecule has 0 aromatic heterocycles. The van der Waals surface area contributed by atoms with Crippen LogP contribution in [0.4, 0.5) is 0 Å². The zero-order valence-corrected chi connectivity index (χ0v) is 13.0. The van der Waals surface area contributed by atoms with Gasteiger partial charge in [0, 0.05) is 5.54 Å². The van der Waals surface area contributed by atoms with Crippen LogP contribution in [0.15, 0.2) is 24.3 Å². The fraction of sp³-hybridized carbons (Fsp3) is 0.562. The maximum atomic E-state index is 11.7. The van der Waals surface area contributed by atoms with Crippen molar-refractivity contribution in [1.82, 2.24) is 5.32 Å². The molecule has 0 heterocycles. The molecule has 20 heavy (non-hydrogen) atoms. The summed E-state index contributed by atoms with van der Waals surface area (Å²) in [5.41, 5.74) is -0.284. The average molecular weight is 279 g/mol. The molecule has 0 aliphatic rings. The minimum Gasteiger partial charge on any atom is -0.484 e. The molecule has 1 aromatic rings. The first-order chi connectivity index (χ1) is 9.14. The maximum absolute atomic E-state index is 11.7. The summed E-state index contributed by atoms with van der Waals surface area (Å²) in [4.78, 5) is 11.7. The second-order valence-corrected chi connectivity index (χ2v) is 6.16. The van der Waals surface area contributed by atoms with Crippen LogP contribution in [0.25, 0.3) is 0 Å². The Labute approximate surface area is 121 Å². The Morgan fingerprint density at radius 2 is 1.75 bits per heavy atom. The van der Waals surface area contributed by atoms with E-state index in [0.29, 0.717) is 5.75 Å². The zero-order chi connectivity index (χ0) is 15.4. The lowest BCUT2D eigenvalue weighted by molar-refractivity contribution is -0.124. The molecule has 0 radical (unpaired) electrons. The van der Waals surface area contributed by atoms with E-state index in [1.165, 1.54) is 0 Å². The van der Waals surface area contributed by atoms with Gasteiger partial charge in [-0.3, -0.25) is 4.79 Å². The summed E-state index contributed by atoms with van der Waals surface area (Å²) in [6.07, 6.45) is 0.860. The van der Waals surface area contributed by atoms with E-state index in [2.05, 4.69) is 5.32 Å². The summed E-state index contributed by atoms with van der Waals surface area (Å²) in [7, 11) is 0. The lowest BCUT2D eigenvalue weighted by atomic mass is 9.99. The Morgan fingerprint density at radius 3 is 2.20 bits per heavy atom. The monoisotopic (exact) mass is 279 g/mol. The van der Waals surface area contributed by atoms with E-state index in [1.807, 2.05) is 20.8 Å². The van der Waals surface area contributed by atoms with Gasteiger partial charge in [0.1, 0.15) is 5.75 Å². The highest BCUT2D eigenvalue weighted by molar-refractivity contribution is 5.78. The molecule has 0 saturated carbocycles. The predicted octanol–water partition coefficient (Wildman–Crippen LogP) is 2.60. The zero-order valence-electron chi connectivity index (χ0n) is 13.0. The number of hydrogen-bond acceptors (Lipinski definition) is 3. The first-order valence-corrected chi connectivity index (χ1v) is 6.91. The molecule has 0 unspecified atom stereocenters. The van der Waals surface area contributed by atoms with Gasteiger partial charge in [0.05, 0.1) is 5.60 Å². The molecule has 112 valence electrons. The molecular formula is C16H25NO3. The van der Waals surface area contributed by atoms with Crippen molar-refractivity contribution in [2.45, 2.75) is 52.2 Å². The number of hydrogen-bond donors (Lipinski definition) is 2. The van der Waals surface area contributed by atoms with Crippen LogP contribution in [0.1, 0.15) is 46.6 Å². The third kappa shape index (κ3) is 5.21. The van der Waals surface area contributed by atoms with Gasteiger partial charge in [0.25, 0.3) is 5.91 Å². The molecule has 4 nitrogen and oxygen atoms in total. The van der Waals surface area contributed by atoms with E-state index in [0.717, 1.165) is 12.0 Å². The van der Waals surface area contributed by atoms with Crippen molar-refractivity contribution in [3.05, 3.63) is 29.8 Å². The van der Waals surface area contributed by atoms with Gasteiger partial charge in [0.2, 0.25) is 0 Å². The third-order valence-electron chi connectivity index (χ3n) is 3.29. The Morgan fingerprint density at radius 1 is 1.20 bits per heavy atom. The number of ether oxygens (including phenoxy) is 1. The number of aliphatic hydroxyl groups is 1. The molecule has 0 spiro atoms. The SMILES string of the molecule is CCC(C)(C)NC(=O)COc1ccc(C(C)(C)O)cc1. The van der Waals surface area contributed by atoms with Crippen molar-refractivity contribution in [3.8, 4) is 5.75 Å². The second-order valence-electron chi connectivity index (χ2n) is 6.16. The van der Waals surface area contributed by atoms with E-state index < -0.39 is 5.60 Å². The minimum atomic E-state index is -0.874. The van der Waals surface area contributed by atoms with Gasteiger partial charge in [-0.2, -0.15) is 0 Å². The summed E-state index contributed by atoms with van der Waals surface area (Å²) in [6, 6.07) is 7.10. The van der Waals surface area contributed by atoms with Gasteiger partial charge >= 0.3 is 0 Å². The van der Waals surface area contributed by atoms with Crippen LogP contribution in [0, 0.1) is 0 Å². The molecule has 1 rings (SSSR count). The summed E-state index contributed by atoms with van der Waals surface area (Å²) in [5, 5.41) is 12.8. The van der Waals surface area contributed by atoms with Gasteiger partial charge < -0.3 is 15.2 Å². The highest BCUT2D eigenvalue weighted by atomic mass is 16.5. The van der Waals surface area contributed by atoms with Crippen molar-refractivity contribution in [2.24, 2.45) is 0 Å². The third-order valence-corrected chi connectivity index (χ3v) is 3.29. The molecule has 0 aliphatic carbocycles. The number of nitrogens with one attached hydrogen (secondary N) is 1. The number of benzene rings is 1. The van der Waals surface area contributed by atoms with Gasteiger partial charge in [-0.1, -0.05) is 19.1 Å². The first-order valence-electron chi connectivity index (χ1n) is 6.91. The van der Waals surface area contributed by atoms with Crippen molar-refractivity contribution >= 4 is 5.91 Å². The molecule has 0 aliphatic heterocycles. The van der Waals surface area contributed by atoms with Crippen molar-refractivity contribution in [2.75, 3.05) is 6.61 Å². The Bertz CT molecular complexity index is 444. The van der Waals surface area contributed by atoms with Crippen molar-refractivity contribution in [1.29, 1.82) is 0 Å². The Hall–Kier alpha value is -1.55. The normalized spacial score (nSPS) is 12.1. The fourth-order valence-electron chi connectivity index (χ4n) is 1.61. The van der Waals surface area contributed by atoms with Crippen molar-refractivity contribution < 1.29 is 14.6 Å². The lowest BCUT2D eigenvalue weighted by Gasteiger charge is -2.24. The average Bonchev–Trinajstić information content (AvgIpc) is 2.35. The Balaban J connectivity index is 2.52. The predicted molar refractivity (Wildman–Crippen MR) is 79.7 cm³/mol. The minimum absolute atomic E-state index is 0.00864. The molecule has 1 aromatic carbocycles. The highest BCUT2D eigenvalue weighted by Gasteiger charge is 2.18. The van der Waals surface area contributed by atoms with Crippen LogP contribution in [0.3, 0.4) is 0 Å². The van der Waals surface area contributed by atoms with Crippen molar-refractivity contribution in [3.63, 3.8) is 0 Å². The number of carbonyl (C=O) groups excluding carboxylic acids is 1. The summed E-state index contributed by atoms with van der Waals surface area (Å²) >= 11 is 0. The maximum Gasteiger partial charge on any atom is 0.258 e. The molecule has 0 saturated heterocycles. The molecule has 1 amide bonds. The highest BCUT2D eigenvalue weighted by Crippen LogP contribution is 2.22. The standard InChI is InChI=1S/C16H25NO3/c1-6-15(2,3)17-14(18)11-20-13-9-7-12(8-10-13)16(4,5)19/h7-10,19H,6,11H2,1-5H3,(H,17,18). The van der Waals surface area contributed by atoms with E-state index in [4.69, 9.17) is 4.74 Å². The van der Waals surface area contributed by atoms with Gasteiger partial charge in [-0.15, -0.1) is 0 Å². The smallest absolute Gasteiger partial charge is 0.258 e. The molecular weight excluding hydrogens is 254 g/mol. The van der Waals surface area contributed by atoms with E-state index in [1.54, 1.807) is 38.1 Å². The largest absolute Gasteiger partial charge is 0.484 e. The van der Waals surface area contributed by atoms with Crippen LogP contribution >= 0.6 is 0 Å². The molecule has 0 bridgehead atoms. The lowest BCUT2D eigenvalue weighted by Crippen LogP contribution is -2.44. The molecule has 4 heteroatoms. The number of rotatable bonds is 6. The van der Waals surface area contributed by atoms with Crippen LogP contribution in [0.2, 0.25) is 0 Å². The van der Waals surface area contributed by atoms with Gasteiger partial charge in [-0.05, 0) is 51.8 Å². The fourth-order valence-corrected chi connectivity index (χ4v) is 1.61. The molecule has 0 fully saturated rings. The molecule has 0 atom stereocenters. The first kappa shape index (κ1) is 16.5. The number of amides is 1. The number of carbonyl (C=O) groups is 1. The topological polar surface area (TPSA) is 58.6 Å². The van der Waals surface area contributed by atoms with Crippen LogP contribution in [0.5, 0.6) is 5.75 Å². The van der Waals surface area contributed by atoms with E-state index >= 15 is 0 Å². The van der Waals surface area contributed by atoms with Gasteiger partial charge in [0.15, 0.2) is 6.61 Å². The van der Waals surface area contributed by atoms with Gasteiger partial charge in [-0.25, -0.2) is 0 Å². The summed E-state index contributed by atoms with van der Waals surface area (Å²) in [6.45, 7) is 9.42. The van der Waals surface area contributed by atoms with E-state index in [9.17, 15) is 9.90 Å². The van der Waals surface area contributed by atoms with Crippen LogP contribution < -0.4 is 10.1 Å². The Kier molecular flexibility index (Phi) is 5.17. The van der Waals surface area contributed by atoms with Crippen LogP contribution in [-0.2, 0) is 10.4 Å². The second kappa shape index (κ2) is 6.27. The van der Waals surface area contributed by atoms with E-state index in [-0.39, 0.29) is 18.1 Å². The van der Waals surface area contributed by atoms with Crippen LogP contribution in [-0.4, -0.2) is 23.2 Å². The summed E-state index contributed by atoms with van der Waals surface area (Å²) < 4.78 is 5.43. The quantitative estimate of drug-likeness (QED) is 0.841.